The predicted octanol–water partition coefficient (Wildman–Crippen LogP) is 4.67. The molecule has 0 unspecified atom stereocenters. The number of benzene rings is 1. The van der Waals surface area contributed by atoms with Crippen molar-refractivity contribution in [3.05, 3.63) is 41.6 Å². The number of ether oxygens (including phenoxy) is 1. The van der Waals surface area contributed by atoms with E-state index in [2.05, 4.69) is 36.9 Å². The molecule has 3 aromatic rings. The van der Waals surface area contributed by atoms with Gasteiger partial charge < -0.3 is 20.1 Å². The Bertz CT molecular complexity index is 1240. The molecular formula is C25H31N7O3. The maximum Gasteiger partial charge on any atom is 0.335 e. The summed E-state index contributed by atoms with van der Waals surface area (Å²) in [7, 11) is 1.51. The number of aromatic nitrogens is 5. The van der Waals surface area contributed by atoms with Gasteiger partial charge >= 0.3 is 5.97 Å². The van der Waals surface area contributed by atoms with Gasteiger partial charge in [-0.05, 0) is 50.3 Å². The Morgan fingerprint density at radius 2 is 2.03 bits per heavy atom. The molecule has 0 spiro atoms. The number of carboxylic acids is 1. The van der Waals surface area contributed by atoms with Crippen LogP contribution < -0.4 is 15.0 Å². The van der Waals surface area contributed by atoms with E-state index in [0.29, 0.717) is 23.3 Å². The molecule has 5 rings (SSSR count). The van der Waals surface area contributed by atoms with E-state index in [9.17, 15) is 9.90 Å². The van der Waals surface area contributed by atoms with Crippen molar-refractivity contribution in [2.45, 2.75) is 58.4 Å². The number of hydrogen-bond acceptors (Lipinski definition) is 8. The van der Waals surface area contributed by atoms with Crippen molar-refractivity contribution in [3.63, 3.8) is 0 Å². The summed E-state index contributed by atoms with van der Waals surface area (Å²) in [6.07, 6.45) is 9.04. The largest absolute Gasteiger partial charge is 0.495 e. The summed E-state index contributed by atoms with van der Waals surface area (Å²) in [5.74, 6) is 3.05. The summed E-state index contributed by atoms with van der Waals surface area (Å²) in [5, 5.41) is 21.4. The third kappa shape index (κ3) is 4.28. The number of carbonyl (C=O) groups is 1. The van der Waals surface area contributed by atoms with Gasteiger partial charge in [0.25, 0.3) is 0 Å². The zero-order valence-electron chi connectivity index (χ0n) is 20.4. The second-order valence-corrected chi connectivity index (χ2v) is 9.27. The fraction of sp³-hybridized carbons (Fsp3) is 0.480. The van der Waals surface area contributed by atoms with Gasteiger partial charge in [0.1, 0.15) is 17.3 Å². The van der Waals surface area contributed by atoms with Crippen molar-refractivity contribution in [1.29, 1.82) is 0 Å². The van der Waals surface area contributed by atoms with Gasteiger partial charge in [-0.3, -0.25) is 4.57 Å². The SMILES string of the molecule is CC[C@@H]1c2nnc(C)n2-c2cnc(Nc3ccc(C(=O)O)cc3OC)nc2N1CC1CCCCC1. The number of nitrogens with one attached hydrogen (secondary N) is 1. The minimum Gasteiger partial charge on any atom is -0.495 e. The molecule has 184 valence electrons. The lowest BCUT2D eigenvalue weighted by molar-refractivity contribution is 0.0696. The number of hydrogen-bond donors (Lipinski definition) is 2. The van der Waals surface area contributed by atoms with Crippen molar-refractivity contribution in [2.24, 2.45) is 5.92 Å². The fourth-order valence-corrected chi connectivity index (χ4v) is 5.29. The summed E-state index contributed by atoms with van der Waals surface area (Å²) >= 11 is 0. The van der Waals surface area contributed by atoms with Crippen LogP contribution in [0.4, 0.5) is 17.5 Å². The predicted molar refractivity (Wildman–Crippen MR) is 132 cm³/mol. The lowest BCUT2D eigenvalue weighted by Gasteiger charge is -2.39. The van der Waals surface area contributed by atoms with E-state index >= 15 is 0 Å². The van der Waals surface area contributed by atoms with E-state index in [1.807, 2.05) is 13.1 Å². The summed E-state index contributed by atoms with van der Waals surface area (Å²) in [6.45, 7) is 5.04. The quantitative estimate of drug-likeness (QED) is 0.500. The van der Waals surface area contributed by atoms with Crippen LogP contribution >= 0.6 is 0 Å². The van der Waals surface area contributed by atoms with Crippen LogP contribution in [0, 0.1) is 12.8 Å². The van der Waals surface area contributed by atoms with E-state index in [-0.39, 0.29) is 11.6 Å². The smallest absolute Gasteiger partial charge is 0.335 e. The molecule has 1 aliphatic carbocycles. The van der Waals surface area contributed by atoms with Crippen molar-refractivity contribution < 1.29 is 14.6 Å². The minimum atomic E-state index is -1.01. The first-order valence-electron chi connectivity index (χ1n) is 12.2. The van der Waals surface area contributed by atoms with Gasteiger partial charge in [0, 0.05) is 6.54 Å². The molecule has 1 saturated carbocycles. The van der Waals surface area contributed by atoms with Crippen LogP contribution in [0.3, 0.4) is 0 Å². The molecular weight excluding hydrogens is 446 g/mol. The van der Waals surface area contributed by atoms with Crippen molar-refractivity contribution >= 4 is 23.4 Å². The Morgan fingerprint density at radius 1 is 1.23 bits per heavy atom. The summed E-state index contributed by atoms with van der Waals surface area (Å²) < 4.78 is 7.48. The molecule has 0 bridgehead atoms. The third-order valence-corrected chi connectivity index (χ3v) is 7.05. The van der Waals surface area contributed by atoms with Gasteiger partial charge in [0.05, 0.1) is 30.6 Å². The highest BCUT2D eigenvalue weighted by atomic mass is 16.5. The second kappa shape index (κ2) is 9.52. The lowest BCUT2D eigenvalue weighted by atomic mass is 9.88. The van der Waals surface area contributed by atoms with Crippen LogP contribution in [-0.2, 0) is 0 Å². The molecule has 2 aliphatic rings. The van der Waals surface area contributed by atoms with E-state index in [1.54, 1.807) is 6.07 Å². The number of fused-ring (bicyclic) bond motifs is 3. The normalized spacial score (nSPS) is 17.6. The molecule has 1 fully saturated rings. The Labute approximate surface area is 204 Å². The molecule has 1 aliphatic heterocycles. The van der Waals surface area contributed by atoms with Crippen LogP contribution in [0.5, 0.6) is 5.75 Å². The number of methoxy groups -OCH3 is 1. The molecule has 1 aromatic carbocycles. The van der Waals surface area contributed by atoms with E-state index in [4.69, 9.17) is 9.72 Å². The molecule has 10 heteroatoms. The van der Waals surface area contributed by atoms with Gasteiger partial charge in [0.2, 0.25) is 5.95 Å². The van der Waals surface area contributed by atoms with Crippen LogP contribution in [0.1, 0.15) is 73.5 Å². The first kappa shape index (κ1) is 23.1. The van der Waals surface area contributed by atoms with Gasteiger partial charge in [-0.2, -0.15) is 4.98 Å². The highest BCUT2D eigenvalue weighted by Crippen LogP contribution is 2.41. The van der Waals surface area contributed by atoms with E-state index < -0.39 is 5.97 Å². The average Bonchev–Trinajstić information content (AvgIpc) is 3.26. The molecule has 1 atom stereocenters. The molecule has 0 radical (unpaired) electrons. The average molecular weight is 478 g/mol. The maximum absolute atomic E-state index is 11.3. The van der Waals surface area contributed by atoms with Gasteiger partial charge in [0.15, 0.2) is 11.6 Å². The molecule has 2 N–H and O–H groups in total. The number of aryl methyl sites for hydroxylation is 1. The first-order chi connectivity index (χ1) is 17.0. The van der Waals surface area contributed by atoms with Crippen molar-refractivity contribution in [2.75, 3.05) is 23.9 Å². The number of aromatic carboxylic acids is 1. The van der Waals surface area contributed by atoms with Gasteiger partial charge in [-0.25, -0.2) is 9.78 Å². The second-order valence-electron chi connectivity index (χ2n) is 9.27. The van der Waals surface area contributed by atoms with Crippen LogP contribution in [0.25, 0.3) is 5.69 Å². The maximum atomic E-state index is 11.3. The highest BCUT2D eigenvalue weighted by Gasteiger charge is 2.36. The summed E-state index contributed by atoms with van der Waals surface area (Å²) in [5.41, 5.74) is 1.63. The molecule has 10 nitrogen and oxygen atoms in total. The Balaban J connectivity index is 1.54. The molecule has 35 heavy (non-hydrogen) atoms. The number of rotatable bonds is 7. The molecule has 0 saturated heterocycles. The number of carboxylic acid groups (broad SMARTS) is 1. The van der Waals surface area contributed by atoms with Gasteiger partial charge in [-0.15, -0.1) is 10.2 Å². The Morgan fingerprint density at radius 3 is 2.74 bits per heavy atom. The van der Waals surface area contributed by atoms with Gasteiger partial charge in [-0.1, -0.05) is 26.2 Å². The zero-order valence-corrected chi connectivity index (χ0v) is 20.4. The summed E-state index contributed by atoms with van der Waals surface area (Å²) in [4.78, 5) is 23.3. The van der Waals surface area contributed by atoms with E-state index in [1.165, 1.54) is 51.3 Å². The standard InChI is InChI=1S/C25H31N7O3/c1-4-19-23-30-29-15(2)32(23)20-13-26-25(27-18-11-10-17(24(33)34)12-21(18)35-3)28-22(20)31(19)14-16-8-6-5-7-9-16/h10-13,16,19H,4-9,14H2,1-3H3,(H,33,34)(H,26,27,28)/t19-/m1/s1. The van der Waals surface area contributed by atoms with Crippen molar-refractivity contribution in [3.8, 4) is 11.4 Å². The zero-order chi connectivity index (χ0) is 24.5. The van der Waals surface area contributed by atoms with E-state index in [0.717, 1.165) is 36.1 Å². The lowest BCUT2D eigenvalue weighted by Crippen LogP contribution is -2.39. The molecule has 3 heterocycles. The number of nitrogens with zero attached hydrogens (tertiary/aromatic N) is 6. The van der Waals surface area contributed by atoms with Crippen LogP contribution in [0.2, 0.25) is 0 Å². The van der Waals surface area contributed by atoms with Crippen LogP contribution in [-0.4, -0.2) is 49.5 Å². The number of anilines is 3. The monoisotopic (exact) mass is 477 g/mol. The van der Waals surface area contributed by atoms with Crippen LogP contribution in [0.15, 0.2) is 24.4 Å². The topological polar surface area (TPSA) is 118 Å². The first-order valence-corrected chi connectivity index (χ1v) is 12.2. The Kier molecular flexibility index (Phi) is 6.27. The molecule has 0 amide bonds. The minimum absolute atomic E-state index is 0.0813. The third-order valence-electron chi connectivity index (χ3n) is 7.05. The summed E-state index contributed by atoms with van der Waals surface area (Å²) in [6, 6.07) is 4.76. The Hall–Kier alpha value is -3.69. The fourth-order valence-electron chi connectivity index (χ4n) is 5.29. The highest BCUT2D eigenvalue weighted by molar-refractivity contribution is 5.89. The van der Waals surface area contributed by atoms with Crippen molar-refractivity contribution in [1.82, 2.24) is 24.7 Å². The molecule has 2 aromatic heterocycles.